The van der Waals surface area contributed by atoms with E-state index in [0.717, 1.165) is 0 Å². The van der Waals surface area contributed by atoms with Crippen molar-refractivity contribution in [3.63, 3.8) is 0 Å². The van der Waals surface area contributed by atoms with E-state index in [-0.39, 0.29) is 119 Å². The van der Waals surface area contributed by atoms with E-state index in [2.05, 4.69) is 0 Å². The molecular weight excluding hydrogens is 636 g/mol. The average Bonchev–Trinajstić information content (AvgIpc) is 0. The quantitative estimate of drug-likeness (QED) is 0.266. The van der Waals surface area contributed by atoms with E-state index in [4.69, 9.17) is 0 Å². The van der Waals surface area contributed by atoms with Gasteiger partial charge < -0.3 is 0 Å². The van der Waals surface area contributed by atoms with Crippen LogP contribution in [0.15, 0.2) is 0 Å². The van der Waals surface area contributed by atoms with Gasteiger partial charge in [0.25, 0.3) is 0 Å². The van der Waals surface area contributed by atoms with Crippen molar-refractivity contribution in [3.05, 3.63) is 0 Å². The normalized spacial score (nSPS) is 0. The van der Waals surface area contributed by atoms with Crippen LogP contribution in [0.3, 0.4) is 0 Å². The molecule has 0 spiro atoms. The average molecular weight is 642 g/mol. The van der Waals surface area contributed by atoms with E-state index >= 15 is 0 Å². The van der Waals surface area contributed by atoms with Gasteiger partial charge in [-0.1, -0.05) is 0 Å². The van der Waals surface area contributed by atoms with E-state index in [1.165, 1.54) is 0 Å². The minimum absolute atomic E-state index is 0. The monoisotopic (exact) mass is 643 g/mol. The Bertz CT molecular complexity index is 8.00. The van der Waals surface area contributed by atoms with E-state index < -0.39 is 0 Å². The minimum atomic E-state index is 0. The van der Waals surface area contributed by atoms with E-state index in [0.29, 0.717) is 0 Å². The van der Waals surface area contributed by atoms with Crippen LogP contribution in [0.5, 0.6) is 0 Å². The Labute approximate surface area is 115 Å². The summed E-state index contributed by atoms with van der Waals surface area (Å²) in [4.78, 5) is 0. The van der Waals surface area contributed by atoms with Gasteiger partial charge in [-0.25, -0.2) is 0 Å². The molecule has 3 radical (unpaired) electrons. The van der Waals surface area contributed by atoms with Crippen molar-refractivity contribution in [1.82, 2.24) is 0 Å². The molecule has 0 atom stereocenters. The Hall–Kier alpha value is 3.98. The maximum absolute atomic E-state index is 0. The number of hydrogen-bond donors (Lipinski definition) is 0. The first kappa shape index (κ1) is 24.5. The molecule has 0 heterocycles. The molecule has 0 saturated carbocycles. The van der Waals surface area contributed by atoms with Crippen molar-refractivity contribution in [3.8, 4) is 0 Å². The van der Waals surface area contributed by atoms with Crippen LogP contribution in [0.4, 0.5) is 0 Å². The van der Waals surface area contributed by atoms with Crippen LogP contribution in [0.25, 0.3) is 0 Å². The molecule has 0 unspecified atom stereocenters. The summed E-state index contributed by atoms with van der Waals surface area (Å²) in [5.41, 5.74) is 0. The Morgan fingerprint density at radius 1 is 1.00 bits per heavy atom. The molecule has 0 fully saturated rings. The molecule has 0 saturated heterocycles. The molecule has 0 nitrogen and oxygen atoms in total. The molecule has 0 aromatic carbocycles. The van der Waals surface area contributed by atoms with Crippen LogP contribution in [0.1, 0.15) is 0 Å². The summed E-state index contributed by atoms with van der Waals surface area (Å²) in [6, 6.07) is 0. The topological polar surface area (TPSA) is 0 Å². The zero-order valence-electron chi connectivity index (χ0n) is 1.51. The third kappa shape index (κ3) is 9.36. The van der Waals surface area contributed by atoms with E-state index in [1.807, 2.05) is 0 Å². The van der Waals surface area contributed by atoms with Gasteiger partial charge in [-0.05, 0) is 0 Å². The van der Waals surface area contributed by atoms with Crippen molar-refractivity contribution in [2.24, 2.45) is 0 Å². The van der Waals surface area contributed by atoms with Crippen molar-refractivity contribution in [2.45, 2.75) is 0 Å². The van der Waals surface area contributed by atoms with Gasteiger partial charge in [0.15, 0.2) is 0 Å². The zero-order chi connectivity index (χ0) is 0. The summed E-state index contributed by atoms with van der Waals surface area (Å²) in [7, 11) is 0. The predicted octanol–water partition coefficient (Wildman–Crippen LogP) is -2.10. The summed E-state index contributed by atoms with van der Waals surface area (Å²) in [5.74, 6) is 0. The van der Waals surface area contributed by atoms with Crippen LogP contribution >= 0.6 is 0 Å². The second-order valence-corrected chi connectivity index (χ2v) is 0. The van der Waals surface area contributed by atoms with Crippen molar-refractivity contribution in [1.29, 1.82) is 0 Å². The summed E-state index contributed by atoms with van der Waals surface area (Å²) < 4.78 is 0. The Kier molecular flexibility index (Phi) is 96.7. The molecule has 0 aliphatic heterocycles. The maximum atomic E-state index is 0. The van der Waals surface area contributed by atoms with Crippen LogP contribution in [0.2, 0.25) is 0 Å². The zero-order valence-corrected chi connectivity index (χ0v) is 11.6. The number of hydrogen-bond acceptors (Lipinski definition) is 0. The molecule has 0 aromatic heterocycles. The smallest absolute Gasteiger partial charge is 0 e. The summed E-state index contributed by atoms with van der Waals surface area (Å²) in [6.07, 6.45) is 0. The van der Waals surface area contributed by atoms with Gasteiger partial charge in [-0.3, -0.25) is 0 Å². The summed E-state index contributed by atoms with van der Waals surface area (Å²) >= 11 is 0. The van der Waals surface area contributed by atoms with Gasteiger partial charge in [0.2, 0.25) is 0 Å². The maximum Gasteiger partial charge on any atom is 0 e. The van der Waals surface area contributed by atoms with Gasteiger partial charge in [0.05, 0.1) is 0 Å². The first-order valence-electron chi connectivity index (χ1n) is 0. The largest absolute Gasteiger partial charge is 0 e. The molecular formula is H5HoInSnU. The van der Waals surface area contributed by atoms with E-state index in [9.17, 15) is 0 Å². The van der Waals surface area contributed by atoms with Gasteiger partial charge >= 0.3 is 49.8 Å². The van der Waals surface area contributed by atoms with Crippen LogP contribution in [-0.4, -0.2) is 49.8 Å². The second-order valence-electron chi connectivity index (χ2n) is 0. The molecule has 27 valence electrons. The van der Waals surface area contributed by atoms with Crippen LogP contribution in [0, 0.1) is 68.9 Å². The first-order chi connectivity index (χ1) is 0. The third-order valence-electron chi connectivity index (χ3n) is 0. The molecule has 0 rings (SSSR count). The molecule has 0 amide bonds. The SMILES string of the molecule is [Ho].[InH3].[SnH2].[U]. The summed E-state index contributed by atoms with van der Waals surface area (Å²) in [6.45, 7) is 0. The Balaban J connectivity index is 0. The van der Waals surface area contributed by atoms with Gasteiger partial charge in [-0.15, -0.1) is 0 Å². The summed E-state index contributed by atoms with van der Waals surface area (Å²) in [5, 5.41) is 0. The number of rotatable bonds is 0. The van der Waals surface area contributed by atoms with Crippen molar-refractivity contribution >= 4 is 49.8 Å². The van der Waals surface area contributed by atoms with Crippen LogP contribution in [-0.2, 0) is 0 Å². The minimum Gasteiger partial charge on any atom is 0 e. The fourth-order valence-electron chi connectivity index (χ4n) is 0. The predicted molar refractivity (Wildman–Crippen MR) is 18.5 cm³/mol. The molecule has 0 aliphatic carbocycles. The van der Waals surface area contributed by atoms with Crippen molar-refractivity contribution < 1.29 is 68.9 Å². The molecule has 0 N–H and O–H groups in total. The van der Waals surface area contributed by atoms with Gasteiger partial charge in [0, 0.05) is 68.9 Å². The van der Waals surface area contributed by atoms with Gasteiger partial charge in [0.1, 0.15) is 0 Å². The fourth-order valence-corrected chi connectivity index (χ4v) is 0. The fraction of sp³-hybridized carbons (Fsp3) is 0. The first-order valence-corrected chi connectivity index (χ1v) is 0. The van der Waals surface area contributed by atoms with Gasteiger partial charge in [-0.2, -0.15) is 0 Å². The molecule has 4 heteroatoms. The molecule has 0 bridgehead atoms. The third-order valence-corrected chi connectivity index (χ3v) is 0. The second kappa shape index (κ2) is 15.8. The molecule has 0 aliphatic rings. The Morgan fingerprint density at radius 3 is 1.00 bits per heavy atom. The Morgan fingerprint density at radius 2 is 1.00 bits per heavy atom. The molecule has 4 heavy (non-hydrogen) atoms. The standard InChI is InChI=1S/Ho.In.Sn.U.5H. The molecule has 0 aromatic rings. The van der Waals surface area contributed by atoms with E-state index in [1.54, 1.807) is 0 Å². The van der Waals surface area contributed by atoms with Crippen LogP contribution < -0.4 is 0 Å². The van der Waals surface area contributed by atoms with Crippen molar-refractivity contribution in [2.75, 3.05) is 0 Å².